The normalized spacial score (nSPS) is 14.3. The van der Waals surface area contributed by atoms with Crippen LogP contribution in [0, 0.1) is 0 Å². The summed E-state index contributed by atoms with van der Waals surface area (Å²) in [5.74, 6) is -1.02. The van der Waals surface area contributed by atoms with Crippen LogP contribution < -0.4 is 5.32 Å². The molecule has 1 aromatic carbocycles. The van der Waals surface area contributed by atoms with Crippen LogP contribution in [0.1, 0.15) is 39.3 Å². The first-order valence-corrected chi connectivity index (χ1v) is 8.09. The van der Waals surface area contributed by atoms with E-state index in [1.807, 2.05) is 0 Å². The fraction of sp³-hybridized carbons (Fsp3) is 0.278. The van der Waals surface area contributed by atoms with Crippen molar-refractivity contribution in [1.82, 2.24) is 9.88 Å². The Morgan fingerprint density at radius 3 is 2.46 bits per heavy atom. The van der Waals surface area contributed by atoms with Gasteiger partial charge in [0.15, 0.2) is 0 Å². The predicted octanol–water partition coefficient (Wildman–Crippen LogP) is 3.59. The van der Waals surface area contributed by atoms with Gasteiger partial charge in [0.25, 0.3) is 11.8 Å². The highest BCUT2D eigenvalue weighted by molar-refractivity contribution is 6.06. The van der Waals surface area contributed by atoms with Crippen LogP contribution in [0.15, 0.2) is 42.6 Å². The van der Waals surface area contributed by atoms with E-state index in [0.29, 0.717) is 13.1 Å². The molecule has 0 saturated carbocycles. The number of aromatic nitrogens is 1. The molecule has 1 aromatic heterocycles. The molecule has 1 aliphatic heterocycles. The summed E-state index contributed by atoms with van der Waals surface area (Å²) < 4.78 is 39.1. The van der Waals surface area contributed by atoms with Gasteiger partial charge in [-0.3, -0.25) is 14.6 Å². The van der Waals surface area contributed by atoms with E-state index < -0.39 is 17.6 Å². The standard InChI is InChI=1S/C18H16F3N3O2/c19-18(20,21)13-5-1-2-6-14(13)23-16(25)12-7-8-22-15(11-12)17(26)24-9-3-4-10-24/h1-2,5-8,11H,3-4,9-10H2,(H,23,25). The minimum atomic E-state index is -4.58. The van der Waals surface area contributed by atoms with Crippen molar-refractivity contribution in [2.24, 2.45) is 0 Å². The van der Waals surface area contributed by atoms with Gasteiger partial charge in [-0.1, -0.05) is 12.1 Å². The number of nitrogens with one attached hydrogen (secondary N) is 1. The predicted molar refractivity (Wildman–Crippen MR) is 88.8 cm³/mol. The maximum Gasteiger partial charge on any atom is 0.418 e. The van der Waals surface area contributed by atoms with Gasteiger partial charge in [0.2, 0.25) is 0 Å². The van der Waals surface area contributed by atoms with Crippen molar-refractivity contribution in [3.8, 4) is 0 Å². The fourth-order valence-corrected chi connectivity index (χ4v) is 2.80. The molecule has 0 spiro atoms. The Balaban J connectivity index is 1.81. The van der Waals surface area contributed by atoms with Crippen molar-refractivity contribution in [2.45, 2.75) is 19.0 Å². The number of hydrogen-bond donors (Lipinski definition) is 1. The summed E-state index contributed by atoms with van der Waals surface area (Å²) in [5, 5.41) is 2.26. The van der Waals surface area contributed by atoms with Gasteiger partial charge in [-0.15, -0.1) is 0 Å². The molecule has 1 fully saturated rings. The molecule has 136 valence electrons. The first-order valence-electron chi connectivity index (χ1n) is 8.09. The van der Waals surface area contributed by atoms with E-state index in [4.69, 9.17) is 0 Å². The molecule has 1 N–H and O–H groups in total. The SMILES string of the molecule is O=C(Nc1ccccc1C(F)(F)F)c1ccnc(C(=O)N2CCCC2)c1. The van der Waals surface area contributed by atoms with Gasteiger partial charge in [0, 0.05) is 24.8 Å². The van der Waals surface area contributed by atoms with Gasteiger partial charge in [-0.05, 0) is 37.1 Å². The molecule has 1 aliphatic rings. The molecule has 2 aromatic rings. The van der Waals surface area contributed by atoms with Gasteiger partial charge in [-0.2, -0.15) is 13.2 Å². The average Bonchev–Trinajstić information content (AvgIpc) is 3.15. The number of amides is 2. The number of carbonyl (C=O) groups excluding carboxylic acids is 2. The number of rotatable bonds is 3. The summed E-state index contributed by atoms with van der Waals surface area (Å²) in [6, 6.07) is 7.37. The third kappa shape index (κ3) is 3.84. The maximum absolute atomic E-state index is 13.0. The largest absolute Gasteiger partial charge is 0.418 e. The van der Waals surface area contributed by atoms with Crippen molar-refractivity contribution in [3.63, 3.8) is 0 Å². The number of carbonyl (C=O) groups is 2. The Morgan fingerprint density at radius 1 is 1.08 bits per heavy atom. The smallest absolute Gasteiger partial charge is 0.337 e. The molecule has 0 atom stereocenters. The van der Waals surface area contributed by atoms with E-state index in [1.54, 1.807) is 4.90 Å². The van der Waals surface area contributed by atoms with Crippen LogP contribution in [0.25, 0.3) is 0 Å². The summed E-state index contributed by atoms with van der Waals surface area (Å²) in [7, 11) is 0. The molecule has 2 heterocycles. The van der Waals surface area contributed by atoms with Crippen LogP contribution in [-0.4, -0.2) is 34.8 Å². The number of anilines is 1. The number of nitrogens with zero attached hydrogens (tertiary/aromatic N) is 2. The first-order chi connectivity index (χ1) is 12.4. The van der Waals surface area contributed by atoms with Crippen molar-refractivity contribution < 1.29 is 22.8 Å². The number of alkyl halides is 3. The molecular formula is C18H16F3N3O2. The Labute approximate surface area is 147 Å². The lowest BCUT2D eigenvalue weighted by atomic mass is 10.1. The third-order valence-electron chi connectivity index (χ3n) is 4.12. The van der Waals surface area contributed by atoms with Crippen molar-refractivity contribution in [2.75, 3.05) is 18.4 Å². The number of likely N-dealkylation sites (tertiary alicyclic amines) is 1. The number of benzene rings is 1. The Morgan fingerprint density at radius 2 is 1.77 bits per heavy atom. The highest BCUT2D eigenvalue weighted by atomic mass is 19.4. The molecule has 8 heteroatoms. The molecule has 26 heavy (non-hydrogen) atoms. The average molecular weight is 363 g/mol. The molecule has 0 radical (unpaired) electrons. The Hall–Kier alpha value is -2.90. The minimum absolute atomic E-state index is 0.0690. The van der Waals surface area contributed by atoms with Gasteiger partial charge >= 0.3 is 6.18 Å². The number of para-hydroxylation sites is 1. The topological polar surface area (TPSA) is 62.3 Å². The zero-order valence-corrected chi connectivity index (χ0v) is 13.7. The van der Waals surface area contributed by atoms with E-state index in [2.05, 4.69) is 10.3 Å². The zero-order chi connectivity index (χ0) is 18.7. The quantitative estimate of drug-likeness (QED) is 0.907. The Bertz CT molecular complexity index is 830. The van der Waals surface area contributed by atoms with E-state index in [-0.39, 0.29) is 22.9 Å². The highest BCUT2D eigenvalue weighted by Crippen LogP contribution is 2.34. The van der Waals surface area contributed by atoms with Crippen molar-refractivity contribution >= 4 is 17.5 Å². The van der Waals surface area contributed by atoms with Crippen molar-refractivity contribution in [1.29, 1.82) is 0 Å². The summed E-state index contributed by atoms with van der Waals surface area (Å²) in [4.78, 5) is 30.3. The van der Waals surface area contributed by atoms with Gasteiger partial charge in [-0.25, -0.2) is 0 Å². The van der Waals surface area contributed by atoms with Crippen molar-refractivity contribution in [3.05, 3.63) is 59.4 Å². The molecule has 5 nitrogen and oxygen atoms in total. The minimum Gasteiger partial charge on any atom is -0.337 e. The van der Waals surface area contributed by atoms with E-state index in [0.717, 1.165) is 18.9 Å². The summed E-state index contributed by atoms with van der Waals surface area (Å²) in [6.45, 7) is 1.27. The number of halogens is 3. The summed E-state index contributed by atoms with van der Waals surface area (Å²) in [6.07, 6.45) is -1.45. The van der Waals surface area contributed by atoms with Gasteiger partial charge in [0.1, 0.15) is 5.69 Å². The second kappa shape index (κ2) is 7.15. The summed E-state index contributed by atoms with van der Waals surface area (Å²) in [5.41, 5.74) is -1.10. The molecule has 3 rings (SSSR count). The lowest BCUT2D eigenvalue weighted by Gasteiger charge is -2.15. The van der Waals surface area contributed by atoms with Crippen LogP contribution >= 0.6 is 0 Å². The number of hydrogen-bond acceptors (Lipinski definition) is 3. The van der Waals surface area contributed by atoms with Gasteiger partial charge in [0.05, 0.1) is 11.3 Å². The lowest BCUT2D eigenvalue weighted by Crippen LogP contribution is -2.28. The third-order valence-corrected chi connectivity index (χ3v) is 4.12. The van der Waals surface area contributed by atoms with E-state index in [1.165, 1.54) is 36.5 Å². The summed E-state index contributed by atoms with van der Waals surface area (Å²) >= 11 is 0. The van der Waals surface area contributed by atoms with E-state index >= 15 is 0 Å². The number of pyridine rings is 1. The van der Waals surface area contributed by atoms with Crippen LogP contribution in [0.3, 0.4) is 0 Å². The van der Waals surface area contributed by atoms with Gasteiger partial charge < -0.3 is 10.2 Å². The van der Waals surface area contributed by atoms with Crippen LogP contribution in [0.4, 0.5) is 18.9 Å². The van der Waals surface area contributed by atoms with E-state index in [9.17, 15) is 22.8 Å². The zero-order valence-electron chi connectivity index (χ0n) is 13.7. The van der Waals surface area contributed by atoms with Crippen LogP contribution in [-0.2, 0) is 6.18 Å². The molecule has 0 aliphatic carbocycles. The second-order valence-electron chi connectivity index (χ2n) is 5.93. The molecule has 0 unspecified atom stereocenters. The monoisotopic (exact) mass is 363 g/mol. The Kier molecular flexibility index (Phi) is 4.92. The van der Waals surface area contributed by atoms with Crippen LogP contribution in [0.5, 0.6) is 0 Å². The molecule has 0 bridgehead atoms. The first kappa shape index (κ1) is 17.9. The maximum atomic E-state index is 13.0. The second-order valence-corrected chi connectivity index (χ2v) is 5.93. The molecule has 1 saturated heterocycles. The molecule has 2 amide bonds. The lowest BCUT2D eigenvalue weighted by molar-refractivity contribution is -0.136. The highest BCUT2D eigenvalue weighted by Gasteiger charge is 2.33. The van der Waals surface area contributed by atoms with Crippen LogP contribution in [0.2, 0.25) is 0 Å². The fourth-order valence-electron chi connectivity index (χ4n) is 2.80. The molecular weight excluding hydrogens is 347 g/mol.